The molecule has 0 heterocycles. The van der Waals surface area contributed by atoms with Crippen LogP contribution in [0, 0.1) is 5.92 Å². The first-order valence-electron chi connectivity index (χ1n) is 3.19. The van der Waals surface area contributed by atoms with Crippen LogP contribution in [-0.4, -0.2) is 44.6 Å². The van der Waals surface area contributed by atoms with Crippen molar-refractivity contribution in [2.45, 2.75) is 19.1 Å². The lowest BCUT2D eigenvalue weighted by Crippen LogP contribution is -2.39. The van der Waals surface area contributed by atoms with Crippen LogP contribution in [0.25, 0.3) is 0 Å². The van der Waals surface area contributed by atoms with Gasteiger partial charge in [0.1, 0.15) is 0 Å². The first-order valence-corrected chi connectivity index (χ1v) is 3.19. The molecule has 0 amide bonds. The van der Waals surface area contributed by atoms with E-state index in [9.17, 15) is 9.59 Å². The molecule has 0 aliphatic heterocycles. The Morgan fingerprint density at radius 2 is 1.25 bits per heavy atom. The molecule has 0 aliphatic rings. The Labute approximate surface area is 68.1 Å². The minimum absolute atomic E-state index is 1.14. The Morgan fingerprint density at radius 1 is 1.00 bits per heavy atom. The molecular formula is C6H10O6. The zero-order chi connectivity index (χ0) is 9.89. The summed E-state index contributed by atoms with van der Waals surface area (Å²) in [6.45, 7) is 1.14. The van der Waals surface area contributed by atoms with E-state index in [4.69, 9.17) is 20.4 Å². The smallest absolute Gasteiger partial charge is 0.332 e. The molecule has 2 atom stereocenters. The van der Waals surface area contributed by atoms with Gasteiger partial charge in [-0.1, -0.05) is 6.92 Å². The van der Waals surface area contributed by atoms with Gasteiger partial charge in [-0.3, -0.25) is 0 Å². The van der Waals surface area contributed by atoms with E-state index in [2.05, 4.69) is 0 Å². The van der Waals surface area contributed by atoms with Gasteiger partial charge in [-0.15, -0.1) is 0 Å². The van der Waals surface area contributed by atoms with E-state index in [0.717, 1.165) is 6.92 Å². The first kappa shape index (κ1) is 10.9. The van der Waals surface area contributed by atoms with E-state index >= 15 is 0 Å². The lowest BCUT2D eigenvalue weighted by Gasteiger charge is -2.17. The number of aliphatic carboxylic acids is 2. The van der Waals surface area contributed by atoms with Gasteiger partial charge in [-0.2, -0.15) is 0 Å². The van der Waals surface area contributed by atoms with Gasteiger partial charge in [0.15, 0.2) is 12.2 Å². The molecule has 0 saturated carbocycles. The molecule has 0 aromatic rings. The maximum absolute atomic E-state index is 10.1. The second-order valence-electron chi connectivity index (χ2n) is 2.43. The lowest BCUT2D eigenvalue weighted by molar-refractivity contribution is -0.159. The molecule has 6 heteroatoms. The molecule has 0 aromatic heterocycles. The predicted octanol–water partition coefficient (Wildman–Crippen LogP) is -1.49. The van der Waals surface area contributed by atoms with Crippen LogP contribution >= 0.6 is 0 Å². The molecule has 0 spiro atoms. The largest absolute Gasteiger partial charge is 0.479 e. The molecule has 4 N–H and O–H groups in total. The van der Waals surface area contributed by atoms with Crippen LogP contribution in [0.5, 0.6) is 0 Å². The summed E-state index contributed by atoms with van der Waals surface area (Å²) in [5.74, 6) is -4.34. The van der Waals surface area contributed by atoms with Crippen LogP contribution in [0.4, 0.5) is 0 Å². The third kappa shape index (κ3) is 2.48. The molecule has 0 saturated heterocycles. The van der Waals surface area contributed by atoms with Crippen LogP contribution < -0.4 is 0 Å². The van der Waals surface area contributed by atoms with Gasteiger partial charge in [0.25, 0.3) is 0 Å². The molecule has 0 aromatic carbocycles. The van der Waals surface area contributed by atoms with Crippen molar-refractivity contribution in [3.63, 3.8) is 0 Å². The molecule has 70 valence electrons. The summed E-state index contributed by atoms with van der Waals surface area (Å²) < 4.78 is 0. The second kappa shape index (κ2) is 4.03. The number of carbonyl (C=O) groups is 2. The quantitative estimate of drug-likeness (QED) is 0.417. The Balaban J connectivity index is 4.28. The van der Waals surface area contributed by atoms with Gasteiger partial charge in [0.05, 0.1) is 0 Å². The number of carboxylic acid groups (broad SMARTS) is 2. The summed E-state index contributed by atoms with van der Waals surface area (Å²) in [5.41, 5.74) is 0. The Morgan fingerprint density at radius 3 is 1.42 bits per heavy atom. The van der Waals surface area contributed by atoms with E-state index in [1.807, 2.05) is 0 Å². The van der Waals surface area contributed by atoms with Gasteiger partial charge in [0, 0.05) is 5.92 Å². The third-order valence-electron chi connectivity index (χ3n) is 1.50. The van der Waals surface area contributed by atoms with Crippen molar-refractivity contribution in [2.75, 3.05) is 0 Å². The van der Waals surface area contributed by atoms with E-state index in [1.54, 1.807) is 0 Å². The SMILES string of the molecule is CC(C(O)C(=O)O)C(O)C(=O)O. The van der Waals surface area contributed by atoms with Gasteiger partial charge >= 0.3 is 11.9 Å². The van der Waals surface area contributed by atoms with Crippen LogP contribution in [-0.2, 0) is 9.59 Å². The van der Waals surface area contributed by atoms with Crippen LogP contribution in [0.15, 0.2) is 0 Å². The summed E-state index contributed by atoms with van der Waals surface area (Å²) >= 11 is 0. The van der Waals surface area contributed by atoms with Crippen LogP contribution in [0.3, 0.4) is 0 Å². The Bertz CT molecular complexity index is 168. The van der Waals surface area contributed by atoms with Crippen molar-refractivity contribution in [1.82, 2.24) is 0 Å². The number of hydrogen-bond donors (Lipinski definition) is 4. The van der Waals surface area contributed by atoms with E-state index in [-0.39, 0.29) is 0 Å². The van der Waals surface area contributed by atoms with Gasteiger partial charge < -0.3 is 20.4 Å². The standard InChI is InChI=1S/C6H10O6/c1-2(3(7)5(9)10)4(8)6(11)12/h2-4,7-8H,1H3,(H,9,10)(H,11,12). The van der Waals surface area contributed by atoms with E-state index < -0.39 is 30.1 Å². The van der Waals surface area contributed by atoms with Crippen molar-refractivity contribution in [2.24, 2.45) is 5.92 Å². The molecule has 12 heavy (non-hydrogen) atoms. The summed E-state index contributed by atoms with van der Waals surface area (Å²) in [5, 5.41) is 34.0. The van der Waals surface area contributed by atoms with Crippen LogP contribution in [0.2, 0.25) is 0 Å². The van der Waals surface area contributed by atoms with Gasteiger partial charge in [-0.05, 0) is 0 Å². The van der Waals surface area contributed by atoms with Crippen molar-refractivity contribution in [1.29, 1.82) is 0 Å². The van der Waals surface area contributed by atoms with E-state index in [1.165, 1.54) is 0 Å². The molecule has 6 nitrogen and oxygen atoms in total. The minimum atomic E-state index is -1.86. The number of carboxylic acids is 2. The molecule has 0 radical (unpaired) electrons. The monoisotopic (exact) mass is 178 g/mol. The van der Waals surface area contributed by atoms with Gasteiger partial charge in [0.2, 0.25) is 0 Å². The summed E-state index contributed by atoms with van der Waals surface area (Å²) in [4.78, 5) is 20.2. The highest BCUT2D eigenvalue weighted by Gasteiger charge is 2.31. The maximum Gasteiger partial charge on any atom is 0.332 e. The third-order valence-corrected chi connectivity index (χ3v) is 1.50. The predicted molar refractivity (Wildman–Crippen MR) is 36.4 cm³/mol. The number of aliphatic hydroxyl groups excluding tert-OH is 2. The van der Waals surface area contributed by atoms with Crippen molar-refractivity contribution in [3.05, 3.63) is 0 Å². The molecular weight excluding hydrogens is 168 g/mol. The summed E-state index contributed by atoms with van der Waals surface area (Å²) in [6, 6.07) is 0. The Hall–Kier alpha value is -1.14. The average Bonchev–Trinajstić information content (AvgIpc) is 2.00. The molecule has 2 unspecified atom stereocenters. The van der Waals surface area contributed by atoms with Crippen molar-refractivity contribution >= 4 is 11.9 Å². The highest BCUT2D eigenvalue weighted by Crippen LogP contribution is 2.09. The Kier molecular flexibility index (Phi) is 3.65. The topological polar surface area (TPSA) is 115 Å². The fraction of sp³-hybridized carbons (Fsp3) is 0.667. The molecule has 0 aliphatic carbocycles. The first-order chi connectivity index (χ1) is 5.37. The zero-order valence-corrected chi connectivity index (χ0v) is 6.34. The highest BCUT2D eigenvalue weighted by molar-refractivity contribution is 5.76. The number of hydrogen-bond acceptors (Lipinski definition) is 4. The van der Waals surface area contributed by atoms with Gasteiger partial charge in [-0.25, -0.2) is 9.59 Å². The molecule has 0 rings (SSSR count). The maximum atomic E-state index is 10.1. The number of aliphatic hydroxyl groups is 2. The summed E-state index contributed by atoms with van der Waals surface area (Å²) in [7, 11) is 0. The number of rotatable bonds is 4. The molecule has 0 fully saturated rings. The highest BCUT2D eigenvalue weighted by atomic mass is 16.4. The lowest BCUT2D eigenvalue weighted by atomic mass is 9.98. The summed E-state index contributed by atoms with van der Waals surface area (Å²) in [6.07, 6.45) is -3.73. The zero-order valence-electron chi connectivity index (χ0n) is 6.34. The van der Waals surface area contributed by atoms with E-state index in [0.29, 0.717) is 0 Å². The fourth-order valence-electron chi connectivity index (χ4n) is 0.622. The van der Waals surface area contributed by atoms with Crippen LogP contribution in [0.1, 0.15) is 6.92 Å². The average molecular weight is 178 g/mol. The molecule has 0 bridgehead atoms. The minimum Gasteiger partial charge on any atom is -0.479 e. The van der Waals surface area contributed by atoms with Crippen molar-refractivity contribution < 1.29 is 30.0 Å². The van der Waals surface area contributed by atoms with Crippen molar-refractivity contribution in [3.8, 4) is 0 Å². The fourth-order valence-corrected chi connectivity index (χ4v) is 0.622. The second-order valence-corrected chi connectivity index (χ2v) is 2.43. The normalized spacial score (nSPS) is 17.9.